The van der Waals surface area contributed by atoms with Crippen LogP contribution in [-0.2, 0) is 0 Å². The molecule has 2 aromatic rings. The molecule has 0 radical (unpaired) electrons. The van der Waals surface area contributed by atoms with Crippen LogP contribution in [0.4, 0.5) is 5.95 Å². The predicted octanol–water partition coefficient (Wildman–Crippen LogP) is 2.18. The summed E-state index contributed by atoms with van der Waals surface area (Å²) in [6, 6.07) is 10.1. The van der Waals surface area contributed by atoms with Gasteiger partial charge in [-0.1, -0.05) is 24.3 Å². The SMILES string of the molecule is C[C@H](c1ccc(-c2cc(=O)[nH]c(N)n2)cc1)N1CCCC1. The second kappa shape index (κ2) is 5.69. The lowest BCUT2D eigenvalue weighted by molar-refractivity contribution is 0.263. The molecule has 0 unspecified atom stereocenters. The van der Waals surface area contributed by atoms with E-state index in [2.05, 4.69) is 33.9 Å². The summed E-state index contributed by atoms with van der Waals surface area (Å²) in [5.41, 5.74) is 8.16. The highest BCUT2D eigenvalue weighted by atomic mass is 16.1. The normalized spacial score (nSPS) is 17.0. The number of benzene rings is 1. The number of H-pyrrole nitrogens is 1. The second-order valence-electron chi connectivity index (χ2n) is 5.56. The average Bonchev–Trinajstić information content (AvgIpc) is 3.00. The molecule has 3 N–H and O–H groups in total. The lowest BCUT2D eigenvalue weighted by Gasteiger charge is -2.24. The van der Waals surface area contributed by atoms with Crippen molar-refractivity contribution in [1.82, 2.24) is 14.9 Å². The van der Waals surface area contributed by atoms with E-state index < -0.39 is 0 Å². The van der Waals surface area contributed by atoms with Crippen LogP contribution in [0.2, 0.25) is 0 Å². The van der Waals surface area contributed by atoms with E-state index in [-0.39, 0.29) is 11.5 Å². The van der Waals surface area contributed by atoms with Crippen molar-refractivity contribution in [2.45, 2.75) is 25.8 Å². The summed E-state index contributed by atoms with van der Waals surface area (Å²) in [6.07, 6.45) is 2.58. The molecule has 0 bridgehead atoms. The van der Waals surface area contributed by atoms with Crippen LogP contribution in [0.5, 0.6) is 0 Å². The lowest BCUT2D eigenvalue weighted by atomic mass is 10.0. The van der Waals surface area contributed by atoms with Gasteiger partial charge in [-0.3, -0.25) is 14.7 Å². The molecule has 0 aliphatic carbocycles. The number of nitrogens with two attached hydrogens (primary N) is 1. The van der Waals surface area contributed by atoms with Gasteiger partial charge in [0.1, 0.15) is 0 Å². The molecule has 0 spiro atoms. The zero-order chi connectivity index (χ0) is 14.8. The van der Waals surface area contributed by atoms with E-state index in [4.69, 9.17) is 5.73 Å². The van der Waals surface area contributed by atoms with Crippen LogP contribution in [0.25, 0.3) is 11.3 Å². The molecule has 21 heavy (non-hydrogen) atoms. The lowest BCUT2D eigenvalue weighted by Crippen LogP contribution is -2.23. The van der Waals surface area contributed by atoms with Crippen molar-refractivity contribution < 1.29 is 0 Å². The summed E-state index contributed by atoms with van der Waals surface area (Å²) in [5.74, 6) is 0.145. The van der Waals surface area contributed by atoms with E-state index in [0.717, 1.165) is 5.56 Å². The van der Waals surface area contributed by atoms with E-state index in [9.17, 15) is 4.79 Å². The van der Waals surface area contributed by atoms with Crippen molar-refractivity contribution in [2.24, 2.45) is 0 Å². The summed E-state index contributed by atoms with van der Waals surface area (Å²) in [7, 11) is 0. The molecule has 5 nitrogen and oxygen atoms in total. The summed E-state index contributed by atoms with van der Waals surface area (Å²) in [4.78, 5) is 20.6. The van der Waals surface area contributed by atoms with E-state index in [0.29, 0.717) is 11.7 Å². The molecule has 1 saturated heterocycles. The largest absolute Gasteiger partial charge is 0.369 e. The Balaban J connectivity index is 1.84. The van der Waals surface area contributed by atoms with Gasteiger partial charge in [0.05, 0.1) is 5.69 Å². The Morgan fingerprint density at radius 1 is 1.24 bits per heavy atom. The van der Waals surface area contributed by atoms with E-state index in [1.54, 1.807) is 0 Å². The molecule has 1 aromatic carbocycles. The minimum Gasteiger partial charge on any atom is -0.369 e. The topological polar surface area (TPSA) is 75.0 Å². The fourth-order valence-corrected chi connectivity index (χ4v) is 2.90. The van der Waals surface area contributed by atoms with Crippen LogP contribution in [-0.4, -0.2) is 28.0 Å². The Bertz CT molecular complexity index is 671. The molecular weight excluding hydrogens is 264 g/mol. The Morgan fingerprint density at radius 3 is 2.52 bits per heavy atom. The summed E-state index contributed by atoms with van der Waals surface area (Å²) in [5, 5.41) is 0. The van der Waals surface area contributed by atoms with Gasteiger partial charge in [0.15, 0.2) is 0 Å². The van der Waals surface area contributed by atoms with Crippen molar-refractivity contribution in [3.63, 3.8) is 0 Å². The number of nitrogen functional groups attached to an aromatic ring is 1. The molecule has 3 rings (SSSR count). The van der Waals surface area contributed by atoms with Crippen molar-refractivity contribution in [3.05, 3.63) is 46.2 Å². The molecule has 0 saturated carbocycles. The molecule has 2 heterocycles. The molecule has 0 amide bonds. The standard InChI is InChI=1S/C16H20N4O/c1-11(20-8-2-3-9-20)12-4-6-13(7-5-12)14-10-15(21)19-16(17)18-14/h4-7,10-11H,2-3,8-9H2,1H3,(H3,17,18,19,21)/t11-/m1/s1. The van der Waals surface area contributed by atoms with Gasteiger partial charge >= 0.3 is 0 Å². The van der Waals surface area contributed by atoms with Crippen LogP contribution in [0.15, 0.2) is 35.1 Å². The molecule has 5 heteroatoms. The number of hydrogen-bond acceptors (Lipinski definition) is 4. The third-order valence-corrected chi connectivity index (χ3v) is 4.14. The monoisotopic (exact) mass is 284 g/mol. The minimum atomic E-state index is -0.230. The van der Waals surface area contributed by atoms with Gasteiger partial charge in [0.2, 0.25) is 5.95 Å². The maximum atomic E-state index is 11.5. The first kappa shape index (κ1) is 13.8. The van der Waals surface area contributed by atoms with Gasteiger partial charge < -0.3 is 5.73 Å². The smallest absolute Gasteiger partial charge is 0.252 e. The minimum absolute atomic E-state index is 0.145. The van der Waals surface area contributed by atoms with Gasteiger partial charge in [-0.15, -0.1) is 0 Å². The highest BCUT2D eigenvalue weighted by Crippen LogP contribution is 2.26. The third-order valence-electron chi connectivity index (χ3n) is 4.14. The van der Waals surface area contributed by atoms with Crippen LogP contribution < -0.4 is 11.3 Å². The number of aromatic nitrogens is 2. The predicted molar refractivity (Wildman–Crippen MR) is 83.9 cm³/mol. The second-order valence-corrected chi connectivity index (χ2v) is 5.56. The molecule has 1 aliphatic heterocycles. The highest BCUT2D eigenvalue weighted by molar-refractivity contribution is 5.60. The third kappa shape index (κ3) is 2.97. The van der Waals surface area contributed by atoms with Gasteiger partial charge in [-0.2, -0.15) is 0 Å². The fourth-order valence-electron chi connectivity index (χ4n) is 2.90. The van der Waals surface area contributed by atoms with Gasteiger partial charge in [0, 0.05) is 17.7 Å². The Hall–Kier alpha value is -2.14. The summed E-state index contributed by atoms with van der Waals surface area (Å²) >= 11 is 0. The average molecular weight is 284 g/mol. The first-order valence-electron chi connectivity index (χ1n) is 7.35. The summed E-state index contributed by atoms with van der Waals surface area (Å²) in [6.45, 7) is 4.59. The molecule has 1 aromatic heterocycles. The Kier molecular flexibility index (Phi) is 3.75. The molecular formula is C16H20N4O. The Labute approximate surface area is 123 Å². The van der Waals surface area contributed by atoms with Gasteiger partial charge in [-0.25, -0.2) is 4.98 Å². The Morgan fingerprint density at radius 2 is 1.90 bits per heavy atom. The molecule has 110 valence electrons. The van der Waals surface area contributed by atoms with Crippen molar-refractivity contribution >= 4 is 5.95 Å². The van der Waals surface area contributed by atoms with E-state index in [1.165, 1.54) is 37.6 Å². The maximum absolute atomic E-state index is 11.5. The zero-order valence-electron chi connectivity index (χ0n) is 12.2. The van der Waals surface area contributed by atoms with E-state index >= 15 is 0 Å². The van der Waals surface area contributed by atoms with Crippen molar-refractivity contribution in [1.29, 1.82) is 0 Å². The van der Waals surface area contributed by atoms with Crippen LogP contribution in [0, 0.1) is 0 Å². The van der Waals surface area contributed by atoms with E-state index in [1.807, 2.05) is 12.1 Å². The first-order valence-corrected chi connectivity index (χ1v) is 7.35. The first-order chi connectivity index (χ1) is 10.1. The fraction of sp³-hybridized carbons (Fsp3) is 0.375. The highest BCUT2D eigenvalue weighted by Gasteiger charge is 2.19. The number of hydrogen-bond donors (Lipinski definition) is 2. The molecule has 1 fully saturated rings. The maximum Gasteiger partial charge on any atom is 0.252 e. The van der Waals surface area contributed by atoms with Crippen LogP contribution >= 0.6 is 0 Å². The number of likely N-dealkylation sites (tertiary alicyclic amines) is 1. The van der Waals surface area contributed by atoms with Gasteiger partial charge in [0.25, 0.3) is 5.56 Å². The number of nitrogens with one attached hydrogen (secondary N) is 1. The number of nitrogens with zero attached hydrogens (tertiary/aromatic N) is 2. The molecule has 1 atom stereocenters. The van der Waals surface area contributed by atoms with Gasteiger partial charge in [-0.05, 0) is 38.4 Å². The summed E-state index contributed by atoms with van der Waals surface area (Å²) < 4.78 is 0. The van der Waals surface area contributed by atoms with Crippen LogP contribution in [0.3, 0.4) is 0 Å². The molecule has 1 aliphatic rings. The van der Waals surface area contributed by atoms with Crippen molar-refractivity contribution in [3.8, 4) is 11.3 Å². The quantitative estimate of drug-likeness (QED) is 0.906. The zero-order valence-corrected chi connectivity index (χ0v) is 12.2. The number of rotatable bonds is 3. The number of aromatic amines is 1. The number of anilines is 1. The van der Waals surface area contributed by atoms with Crippen molar-refractivity contribution in [2.75, 3.05) is 18.8 Å². The van der Waals surface area contributed by atoms with Crippen LogP contribution in [0.1, 0.15) is 31.4 Å².